The van der Waals surface area contributed by atoms with Gasteiger partial charge >= 0.3 is 0 Å². The first-order valence-electron chi connectivity index (χ1n) is 21.4. The number of benzene rings is 8. The van der Waals surface area contributed by atoms with Crippen LogP contribution in [0.1, 0.15) is 76.6 Å². The van der Waals surface area contributed by atoms with E-state index in [9.17, 15) is 0 Å². The van der Waals surface area contributed by atoms with Crippen LogP contribution in [0.2, 0.25) is 0 Å². The summed E-state index contributed by atoms with van der Waals surface area (Å²) in [5.74, 6) is 0. The van der Waals surface area contributed by atoms with Crippen molar-refractivity contribution in [3.8, 4) is 33.6 Å². The molecule has 0 atom stereocenters. The Bertz CT molecular complexity index is 3390. The summed E-state index contributed by atoms with van der Waals surface area (Å²) in [6.07, 6.45) is 2.36. The Balaban J connectivity index is 1.21. The number of para-hydroxylation sites is 2. The van der Waals surface area contributed by atoms with Crippen molar-refractivity contribution < 1.29 is 0 Å². The van der Waals surface area contributed by atoms with Gasteiger partial charge in [0, 0.05) is 38.3 Å². The van der Waals surface area contributed by atoms with E-state index in [1.165, 1.54) is 117 Å². The molecule has 2 heterocycles. The molecule has 0 bridgehead atoms. The van der Waals surface area contributed by atoms with E-state index < -0.39 is 0 Å². The molecule has 0 saturated heterocycles. The highest BCUT2D eigenvalue weighted by Crippen LogP contribution is 2.54. The van der Waals surface area contributed by atoms with Crippen molar-refractivity contribution in [3.05, 3.63) is 180 Å². The minimum Gasteiger partial charge on any atom is -0.307 e. The molecule has 10 aromatic rings. The van der Waals surface area contributed by atoms with Crippen LogP contribution >= 0.6 is 0 Å². The fourth-order valence-electron chi connectivity index (χ4n) is 11.4. The van der Waals surface area contributed by atoms with Gasteiger partial charge in [-0.2, -0.15) is 0 Å². The van der Waals surface area contributed by atoms with E-state index in [1.54, 1.807) is 0 Å². The molecule has 12 rings (SSSR count). The lowest BCUT2D eigenvalue weighted by molar-refractivity contribution is 0.332. The number of rotatable bonds is 3. The third-order valence-electron chi connectivity index (χ3n) is 14.6. The lowest BCUT2D eigenvalue weighted by Crippen LogP contribution is -2.33. The van der Waals surface area contributed by atoms with E-state index in [-0.39, 0.29) is 16.2 Å². The first kappa shape index (κ1) is 34.6. The molecule has 0 fully saturated rings. The van der Waals surface area contributed by atoms with Crippen LogP contribution in [0.15, 0.2) is 158 Å². The highest BCUT2D eigenvalue weighted by molar-refractivity contribution is 6.36. The fraction of sp³-hybridized carbons (Fsp3) is 0.193. The minimum absolute atomic E-state index is 0.0407. The Morgan fingerprint density at radius 1 is 0.390 bits per heavy atom. The molecule has 2 aromatic heterocycles. The van der Waals surface area contributed by atoms with Crippen molar-refractivity contribution in [2.24, 2.45) is 0 Å². The van der Waals surface area contributed by atoms with Gasteiger partial charge in [-0.1, -0.05) is 157 Å². The van der Waals surface area contributed by atoms with E-state index in [0.717, 1.165) is 5.69 Å². The Morgan fingerprint density at radius 2 is 0.915 bits per heavy atom. The van der Waals surface area contributed by atoms with Gasteiger partial charge in [0.2, 0.25) is 0 Å². The zero-order valence-electron chi connectivity index (χ0n) is 34.8. The van der Waals surface area contributed by atoms with Crippen LogP contribution in [0.3, 0.4) is 0 Å². The molecule has 0 spiro atoms. The van der Waals surface area contributed by atoms with Crippen LogP contribution in [-0.2, 0) is 16.2 Å². The third kappa shape index (κ3) is 4.63. The SMILES string of the molecule is CC1(C)CCC(C)(C)c2cc3c(cc21)c1c2ccccc2c2c4ccccc4n(-c4ccc(-c5cccc6c5-c5ccccc5C6(C)C)cc4)c2c1n3-c1ccccc1. The molecule has 0 amide bonds. The van der Waals surface area contributed by atoms with Gasteiger partial charge in [0.05, 0.1) is 22.1 Å². The van der Waals surface area contributed by atoms with Crippen molar-refractivity contribution in [3.63, 3.8) is 0 Å². The van der Waals surface area contributed by atoms with Gasteiger partial charge in [0.1, 0.15) is 0 Å². The standard InChI is InChI=1S/C57H48N2/c1-55(2)31-32-56(3,4)47-34-49-43(33-46(47)55)52-40-20-11-10-19-39(40)51-42-22-13-15-26-48(42)58(53(51)54(52)59(49)36-17-8-7-9-18-36)37-29-27-35(28-30-37)38-23-16-25-45-50(38)41-21-12-14-24-44(41)57(45,5)6/h7-30,33-34H,31-32H2,1-6H3. The maximum absolute atomic E-state index is 2.59. The lowest BCUT2D eigenvalue weighted by Gasteiger charge is -2.42. The monoisotopic (exact) mass is 760 g/mol. The van der Waals surface area contributed by atoms with Gasteiger partial charge in [-0.25, -0.2) is 0 Å². The van der Waals surface area contributed by atoms with Gasteiger partial charge < -0.3 is 9.13 Å². The zero-order valence-corrected chi connectivity index (χ0v) is 34.8. The Morgan fingerprint density at radius 3 is 1.63 bits per heavy atom. The third-order valence-corrected chi connectivity index (χ3v) is 14.6. The number of nitrogens with zero attached hydrogens (tertiary/aromatic N) is 2. The molecule has 0 unspecified atom stereocenters. The minimum atomic E-state index is -0.0407. The smallest absolute Gasteiger partial charge is 0.0795 e. The van der Waals surface area contributed by atoms with E-state index >= 15 is 0 Å². The molecule has 0 saturated carbocycles. The van der Waals surface area contributed by atoms with Gasteiger partial charge in [0.25, 0.3) is 0 Å². The van der Waals surface area contributed by atoms with Gasteiger partial charge in [-0.3, -0.25) is 0 Å². The quantitative estimate of drug-likeness (QED) is 0.170. The number of fused-ring (bicyclic) bond motifs is 14. The Hall–Kier alpha value is -6.38. The highest BCUT2D eigenvalue weighted by Gasteiger charge is 2.39. The number of hydrogen-bond acceptors (Lipinski definition) is 0. The summed E-state index contributed by atoms with van der Waals surface area (Å²) in [7, 11) is 0. The van der Waals surface area contributed by atoms with Crippen LogP contribution in [-0.4, -0.2) is 9.13 Å². The predicted molar refractivity (Wildman–Crippen MR) is 251 cm³/mol. The zero-order chi connectivity index (χ0) is 40.0. The van der Waals surface area contributed by atoms with Gasteiger partial charge in [-0.15, -0.1) is 0 Å². The average molecular weight is 761 g/mol. The van der Waals surface area contributed by atoms with E-state index in [1.807, 2.05) is 0 Å². The largest absolute Gasteiger partial charge is 0.307 e. The lowest BCUT2D eigenvalue weighted by atomic mass is 9.63. The van der Waals surface area contributed by atoms with Crippen molar-refractivity contribution in [1.29, 1.82) is 0 Å². The summed E-state index contributed by atoms with van der Waals surface area (Å²) in [5, 5.41) is 7.85. The number of aromatic nitrogens is 2. The van der Waals surface area contributed by atoms with Gasteiger partial charge in [-0.05, 0) is 121 Å². The summed E-state index contributed by atoms with van der Waals surface area (Å²) in [4.78, 5) is 0. The van der Waals surface area contributed by atoms with E-state index in [4.69, 9.17) is 0 Å². The first-order chi connectivity index (χ1) is 28.5. The molecule has 8 aromatic carbocycles. The van der Waals surface area contributed by atoms with Crippen molar-refractivity contribution in [2.75, 3.05) is 0 Å². The maximum atomic E-state index is 2.59. The van der Waals surface area contributed by atoms with Gasteiger partial charge in [0.15, 0.2) is 0 Å². The number of hydrogen-bond donors (Lipinski definition) is 0. The second kappa shape index (κ2) is 11.9. The second-order valence-electron chi connectivity index (χ2n) is 19.1. The van der Waals surface area contributed by atoms with Crippen LogP contribution in [0.4, 0.5) is 0 Å². The van der Waals surface area contributed by atoms with Crippen LogP contribution in [0.5, 0.6) is 0 Å². The topological polar surface area (TPSA) is 9.86 Å². The molecule has 0 radical (unpaired) electrons. The molecule has 0 aliphatic heterocycles. The molecule has 2 aliphatic carbocycles. The maximum Gasteiger partial charge on any atom is 0.0795 e. The highest BCUT2D eigenvalue weighted by atomic mass is 15.0. The molecule has 2 nitrogen and oxygen atoms in total. The molecule has 59 heavy (non-hydrogen) atoms. The summed E-state index contributed by atoms with van der Waals surface area (Å²) >= 11 is 0. The van der Waals surface area contributed by atoms with Crippen molar-refractivity contribution in [1.82, 2.24) is 9.13 Å². The summed E-state index contributed by atoms with van der Waals surface area (Å²) < 4.78 is 5.15. The Labute approximate surface area is 346 Å². The Kier molecular flexibility index (Phi) is 6.96. The molecule has 286 valence electrons. The molecule has 2 aliphatic rings. The fourth-order valence-corrected chi connectivity index (χ4v) is 11.4. The molecule has 0 N–H and O–H groups in total. The van der Waals surface area contributed by atoms with Crippen LogP contribution < -0.4 is 0 Å². The summed E-state index contributed by atoms with van der Waals surface area (Å²) in [6.45, 7) is 14.5. The molecule has 2 heteroatoms. The predicted octanol–water partition coefficient (Wildman–Crippen LogP) is 15.4. The second-order valence-corrected chi connectivity index (χ2v) is 19.1. The normalized spacial score (nSPS) is 16.2. The van der Waals surface area contributed by atoms with E-state index in [2.05, 4.69) is 208 Å². The van der Waals surface area contributed by atoms with Crippen LogP contribution in [0.25, 0.3) is 88.0 Å². The van der Waals surface area contributed by atoms with Crippen LogP contribution in [0, 0.1) is 0 Å². The summed E-state index contributed by atoms with van der Waals surface area (Å²) in [6, 6.07) is 59.7. The van der Waals surface area contributed by atoms with Crippen molar-refractivity contribution >= 4 is 54.4 Å². The van der Waals surface area contributed by atoms with Crippen molar-refractivity contribution in [2.45, 2.75) is 70.6 Å². The average Bonchev–Trinajstić information content (AvgIpc) is 3.86. The molecular formula is C57H48N2. The van der Waals surface area contributed by atoms with E-state index in [0.29, 0.717) is 0 Å². The first-order valence-corrected chi connectivity index (χ1v) is 21.4. The summed E-state index contributed by atoms with van der Waals surface area (Å²) in [5.41, 5.74) is 18.5. The molecular weight excluding hydrogens is 713 g/mol.